The van der Waals surface area contributed by atoms with E-state index in [1.165, 1.54) is 4.90 Å². The van der Waals surface area contributed by atoms with Crippen molar-refractivity contribution in [2.45, 2.75) is 51.1 Å². The molecule has 2 N–H and O–H groups in total. The lowest BCUT2D eigenvalue weighted by Gasteiger charge is -2.38. The summed E-state index contributed by atoms with van der Waals surface area (Å²) in [4.78, 5) is 37.3. The van der Waals surface area contributed by atoms with E-state index in [0.29, 0.717) is 0 Å². The van der Waals surface area contributed by atoms with Crippen LogP contribution < -0.4 is 10.6 Å². The normalized spacial score (nSPS) is 31.5. The Labute approximate surface area is 112 Å². The summed E-state index contributed by atoms with van der Waals surface area (Å²) in [5, 5.41) is 5.54. The highest BCUT2D eigenvalue weighted by molar-refractivity contribution is 6.05. The first-order chi connectivity index (χ1) is 9.00. The summed E-state index contributed by atoms with van der Waals surface area (Å²) in [7, 11) is 0. The van der Waals surface area contributed by atoms with Crippen LogP contribution in [-0.2, 0) is 14.4 Å². The minimum absolute atomic E-state index is 0.0289. The van der Waals surface area contributed by atoms with Gasteiger partial charge in [-0.1, -0.05) is 13.3 Å². The van der Waals surface area contributed by atoms with E-state index in [0.717, 1.165) is 32.2 Å². The highest BCUT2D eigenvalue weighted by Crippen LogP contribution is 2.28. The molecule has 106 valence electrons. The second kappa shape index (κ2) is 5.28. The zero-order valence-electron chi connectivity index (χ0n) is 11.5. The number of hydrogen-bond acceptors (Lipinski definition) is 4. The Morgan fingerprint density at radius 2 is 2.21 bits per heavy atom. The average molecular weight is 267 g/mol. The van der Waals surface area contributed by atoms with E-state index < -0.39 is 23.4 Å². The van der Waals surface area contributed by atoms with Crippen LogP contribution >= 0.6 is 0 Å². The third-order valence-electron chi connectivity index (χ3n) is 4.01. The van der Waals surface area contributed by atoms with E-state index in [1.54, 1.807) is 6.92 Å². The van der Waals surface area contributed by atoms with E-state index in [-0.39, 0.29) is 12.5 Å². The zero-order valence-corrected chi connectivity index (χ0v) is 11.5. The topological polar surface area (TPSA) is 78.5 Å². The smallest absolute Gasteiger partial charge is 0.249 e. The molecule has 2 heterocycles. The third kappa shape index (κ3) is 2.49. The molecule has 19 heavy (non-hydrogen) atoms. The molecule has 0 bridgehead atoms. The van der Waals surface area contributed by atoms with Crippen LogP contribution in [0.2, 0.25) is 0 Å². The van der Waals surface area contributed by atoms with Gasteiger partial charge in [0.2, 0.25) is 17.7 Å². The lowest BCUT2D eigenvalue weighted by molar-refractivity contribution is -0.153. The molecule has 6 nitrogen and oxygen atoms in total. The van der Waals surface area contributed by atoms with Crippen LogP contribution in [0.3, 0.4) is 0 Å². The molecule has 3 amide bonds. The van der Waals surface area contributed by atoms with Gasteiger partial charge in [-0.2, -0.15) is 0 Å². The van der Waals surface area contributed by atoms with Gasteiger partial charge in [-0.25, -0.2) is 0 Å². The standard InChI is InChI=1S/C13H21N3O3/c1-3-5-13(6-4-7-14-13)12(19)16-8-10(17)15-11(18)9(16)2/h9,14H,3-8H2,1-2H3,(H,15,17,18). The van der Waals surface area contributed by atoms with Gasteiger partial charge in [0, 0.05) is 0 Å². The fraction of sp³-hybridized carbons (Fsp3) is 0.769. The highest BCUT2D eigenvalue weighted by atomic mass is 16.2. The Kier molecular flexibility index (Phi) is 3.89. The molecule has 0 radical (unpaired) electrons. The summed E-state index contributed by atoms with van der Waals surface area (Å²) >= 11 is 0. The van der Waals surface area contributed by atoms with Gasteiger partial charge in [-0.15, -0.1) is 0 Å². The zero-order chi connectivity index (χ0) is 14.0. The molecule has 6 heteroatoms. The molecule has 0 spiro atoms. The van der Waals surface area contributed by atoms with Crippen LogP contribution in [0, 0.1) is 0 Å². The van der Waals surface area contributed by atoms with Gasteiger partial charge in [0.05, 0.1) is 5.54 Å². The average Bonchev–Trinajstić information content (AvgIpc) is 2.83. The van der Waals surface area contributed by atoms with Gasteiger partial charge in [-0.05, 0) is 32.7 Å². The van der Waals surface area contributed by atoms with Crippen molar-refractivity contribution < 1.29 is 14.4 Å². The van der Waals surface area contributed by atoms with Gasteiger partial charge in [-0.3, -0.25) is 19.7 Å². The van der Waals surface area contributed by atoms with Gasteiger partial charge in [0.1, 0.15) is 12.6 Å². The first-order valence-corrected chi connectivity index (χ1v) is 6.90. The molecular weight excluding hydrogens is 246 g/mol. The Morgan fingerprint density at radius 3 is 2.79 bits per heavy atom. The van der Waals surface area contributed by atoms with Crippen molar-refractivity contribution >= 4 is 17.7 Å². The van der Waals surface area contributed by atoms with Crippen LogP contribution in [0.5, 0.6) is 0 Å². The number of imide groups is 1. The van der Waals surface area contributed by atoms with Crippen molar-refractivity contribution in [2.24, 2.45) is 0 Å². The summed E-state index contributed by atoms with van der Waals surface area (Å²) in [6, 6.07) is -0.582. The second-order valence-electron chi connectivity index (χ2n) is 5.38. The molecule has 0 saturated carbocycles. The van der Waals surface area contributed by atoms with Crippen molar-refractivity contribution in [1.82, 2.24) is 15.5 Å². The van der Waals surface area contributed by atoms with Crippen molar-refractivity contribution in [3.05, 3.63) is 0 Å². The largest absolute Gasteiger partial charge is 0.320 e. The molecule has 2 rings (SSSR count). The first-order valence-electron chi connectivity index (χ1n) is 6.90. The van der Waals surface area contributed by atoms with Crippen molar-refractivity contribution in [1.29, 1.82) is 0 Å². The van der Waals surface area contributed by atoms with Gasteiger partial charge < -0.3 is 10.2 Å². The summed E-state index contributed by atoms with van der Waals surface area (Å²) in [5.74, 6) is -0.905. The Hall–Kier alpha value is -1.43. The van der Waals surface area contributed by atoms with E-state index >= 15 is 0 Å². The third-order valence-corrected chi connectivity index (χ3v) is 4.01. The maximum Gasteiger partial charge on any atom is 0.249 e. The van der Waals surface area contributed by atoms with Gasteiger partial charge >= 0.3 is 0 Å². The number of carbonyl (C=O) groups is 3. The summed E-state index contributed by atoms with van der Waals surface area (Å²) in [6.07, 6.45) is 3.36. The van der Waals surface area contributed by atoms with Crippen LogP contribution in [-0.4, -0.2) is 47.3 Å². The fourth-order valence-electron chi connectivity index (χ4n) is 2.97. The molecular formula is C13H21N3O3. The van der Waals surface area contributed by atoms with E-state index in [1.807, 2.05) is 6.92 Å². The number of nitrogens with one attached hydrogen (secondary N) is 2. The maximum atomic E-state index is 12.7. The van der Waals surface area contributed by atoms with Crippen molar-refractivity contribution in [3.8, 4) is 0 Å². The fourth-order valence-corrected chi connectivity index (χ4v) is 2.97. The predicted molar refractivity (Wildman–Crippen MR) is 69.2 cm³/mol. The van der Waals surface area contributed by atoms with Crippen molar-refractivity contribution in [3.63, 3.8) is 0 Å². The number of hydrogen-bond donors (Lipinski definition) is 2. The van der Waals surface area contributed by atoms with E-state index in [4.69, 9.17) is 0 Å². The lowest BCUT2D eigenvalue weighted by atomic mass is 9.89. The van der Waals surface area contributed by atoms with Crippen molar-refractivity contribution in [2.75, 3.05) is 13.1 Å². The monoisotopic (exact) mass is 267 g/mol. The molecule has 2 aliphatic heterocycles. The summed E-state index contributed by atoms with van der Waals surface area (Å²) in [5.41, 5.74) is -0.582. The number of rotatable bonds is 3. The Balaban J connectivity index is 2.21. The first kappa shape index (κ1) is 14.0. The minimum atomic E-state index is -0.582. The molecule has 2 unspecified atom stereocenters. The second-order valence-corrected chi connectivity index (χ2v) is 5.38. The molecule has 2 saturated heterocycles. The quantitative estimate of drug-likeness (QED) is 0.693. The molecule has 2 aliphatic rings. The SMILES string of the molecule is CCCC1(C(=O)N2CC(=O)NC(=O)C2C)CCCN1. The molecule has 0 aliphatic carbocycles. The van der Waals surface area contributed by atoms with E-state index in [9.17, 15) is 14.4 Å². The highest BCUT2D eigenvalue weighted by Gasteiger charge is 2.46. The summed E-state index contributed by atoms with van der Waals surface area (Å²) < 4.78 is 0. The lowest BCUT2D eigenvalue weighted by Crippen LogP contribution is -2.64. The predicted octanol–water partition coefficient (Wildman–Crippen LogP) is -0.218. The van der Waals surface area contributed by atoms with Crippen LogP contribution in [0.1, 0.15) is 39.5 Å². The maximum absolute atomic E-state index is 12.7. The number of piperazine rings is 1. The molecule has 0 aromatic rings. The molecule has 2 fully saturated rings. The Bertz CT molecular complexity index is 402. The number of carbonyl (C=O) groups excluding carboxylic acids is 3. The van der Waals surface area contributed by atoms with Crippen LogP contribution in [0.25, 0.3) is 0 Å². The number of amides is 3. The minimum Gasteiger partial charge on any atom is -0.320 e. The van der Waals surface area contributed by atoms with Gasteiger partial charge in [0.25, 0.3) is 0 Å². The van der Waals surface area contributed by atoms with Gasteiger partial charge in [0.15, 0.2) is 0 Å². The van der Waals surface area contributed by atoms with Crippen LogP contribution in [0.15, 0.2) is 0 Å². The Morgan fingerprint density at radius 1 is 1.47 bits per heavy atom. The molecule has 0 aromatic heterocycles. The van der Waals surface area contributed by atoms with Crippen LogP contribution in [0.4, 0.5) is 0 Å². The van der Waals surface area contributed by atoms with E-state index in [2.05, 4.69) is 10.6 Å². The molecule has 0 aromatic carbocycles. The number of nitrogens with zero attached hydrogens (tertiary/aromatic N) is 1. The summed E-state index contributed by atoms with van der Waals surface area (Å²) in [6.45, 7) is 4.48. The molecule has 2 atom stereocenters.